The summed E-state index contributed by atoms with van der Waals surface area (Å²) in [5.74, 6) is -0.889. The second-order valence-electron chi connectivity index (χ2n) is 5.22. The second kappa shape index (κ2) is 5.38. The number of rotatable bonds is 4. The molecule has 1 aromatic heterocycles. The quantitative estimate of drug-likeness (QED) is 0.909. The number of carboxylic acid groups (broad SMARTS) is 1. The van der Waals surface area contributed by atoms with E-state index in [0.717, 1.165) is 16.5 Å². The van der Waals surface area contributed by atoms with Gasteiger partial charge >= 0.3 is 5.97 Å². The van der Waals surface area contributed by atoms with Gasteiger partial charge in [-0.25, -0.2) is 0 Å². The molecule has 0 bridgehead atoms. The highest BCUT2D eigenvalue weighted by atomic mass is 35.5. The van der Waals surface area contributed by atoms with Crippen LogP contribution in [0.15, 0.2) is 30.5 Å². The zero-order valence-corrected chi connectivity index (χ0v) is 11.6. The molecule has 1 aliphatic rings. The summed E-state index contributed by atoms with van der Waals surface area (Å²) >= 11 is 6.12. The number of aliphatic carboxylic acids is 1. The van der Waals surface area contributed by atoms with Crippen molar-refractivity contribution in [2.45, 2.75) is 25.4 Å². The van der Waals surface area contributed by atoms with Gasteiger partial charge in [0.25, 0.3) is 0 Å². The zero-order chi connectivity index (χ0) is 14.1. The summed E-state index contributed by atoms with van der Waals surface area (Å²) in [5.41, 5.74) is 1.99. The van der Waals surface area contributed by atoms with E-state index in [4.69, 9.17) is 16.7 Å². The fourth-order valence-corrected chi connectivity index (χ4v) is 2.85. The number of nitrogens with one attached hydrogen (secondary N) is 1. The summed E-state index contributed by atoms with van der Waals surface area (Å²) in [6.45, 7) is 0.658. The Bertz CT molecular complexity index is 653. The zero-order valence-electron chi connectivity index (χ0n) is 10.8. The third-order valence-electron chi connectivity index (χ3n) is 3.82. The number of halogens is 1. The molecule has 104 valence electrons. The van der Waals surface area contributed by atoms with Crippen LogP contribution in [0.5, 0.6) is 0 Å². The first-order valence-corrected chi connectivity index (χ1v) is 7.00. The van der Waals surface area contributed by atoms with E-state index >= 15 is 0 Å². The third kappa shape index (κ3) is 2.62. The molecule has 2 N–H and O–H groups in total. The van der Waals surface area contributed by atoms with E-state index in [1.54, 1.807) is 6.20 Å². The summed E-state index contributed by atoms with van der Waals surface area (Å²) in [5, 5.41) is 14.0. The van der Waals surface area contributed by atoms with E-state index in [2.05, 4.69) is 10.3 Å². The average molecular weight is 291 g/mol. The van der Waals surface area contributed by atoms with Gasteiger partial charge < -0.3 is 10.4 Å². The standard InChI is InChI=1S/C15H15ClN2O2/c16-12-4-9-2-1-3-17-14(9)11(5-12)8-18-13-6-10(7-13)15(19)20/h1-5,10,13,18H,6-8H2,(H,19,20). The lowest BCUT2D eigenvalue weighted by Gasteiger charge is -2.33. The molecule has 3 rings (SSSR count). The SMILES string of the molecule is O=C(O)C1CC(NCc2cc(Cl)cc3cccnc23)C1. The van der Waals surface area contributed by atoms with Gasteiger partial charge in [-0.15, -0.1) is 0 Å². The Kier molecular flexibility index (Phi) is 3.59. The van der Waals surface area contributed by atoms with E-state index in [9.17, 15) is 4.79 Å². The Labute approximate surface area is 121 Å². The minimum atomic E-state index is -0.696. The van der Waals surface area contributed by atoms with Crippen molar-refractivity contribution >= 4 is 28.5 Å². The fourth-order valence-electron chi connectivity index (χ4n) is 2.60. The average Bonchev–Trinajstić information content (AvgIpc) is 2.36. The first kappa shape index (κ1) is 13.3. The van der Waals surface area contributed by atoms with Crippen molar-refractivity contribution < 1.29 is 9.90 Å². The van der Waals surface area contributed by atoms with Crippen LogP contribution in [-0.2, 0) is 11.3 Å². The van der Waals surface area contributed by atoms with Crippen LogP contribution in [0, 0.1) is 5.92 Å². The van der Waals surface area contributed by atoms with Gasteiger partial charge in [0.1, 0.15) is 0 Å². The summed E-state index contributed by atoms with van der Waals surface area (Å²) in [4.78, 5) is 15.2. The summed E-state index contributed by atoms with van der Waals surface area (Å²) in [6.07, 6.45) is 3.16. The van der Waals surface area contributed by atoms with E-state index in [0.29, 0.717) is 24.4 Å². The van der Waals surface area contributed by atoms with E-state index in [-0.39, 0.29) is 12.0 Å². The van der Waals surface area contributed by atoms with Crippen molar-refractivity contribution in [3.63, 3.8) is 0 Å². The van der Waals surface area contributed by atoms with Gasteiger partial charge in [0.05, 0.1) is 11.4 Å². The fraction of sp³-hybridized carbons (Fsp3) is 0.333. The van der Waals surface area contributed by atoms with Crippen LogP contribution in [0.25, 0.3) is 10.9 Å². The molecule has 2 aromatic rings. The largest absolute Gasteiger partial charge is 0.481 e. The molecule has 0 saturated heterocycles. The predicted molar refractivity (Wildman–Crippen MR) is 77.7 cm³/mol. The molecule has 0 atom stereocenters. The highest BCUT2D eigenvalue weighted by Gasteiger charge is 2.33. The number of hydrogen-bond acceptors (Lipinski definition) is 3. The molecule has 0 unspecified atom stereocenters. The van der Waals surface area contributed by atoms with Gasteiger partial charge in [-0.2, -0.15) is 0 Å². The maximum Gasteiger partial charge on any atom is 0.306 e. The van der Waals surface area contributed by atoms with Crippen LogP contribution >= 0.6 is 11.6 Å². The monoisotopic (exact) mass is 290 g/mol. The molecule has 1 fully saturated rings. The Balaban J connectivity index is 1.70. The first-order chi connectivity index (χ1) is 9.63. The molecule has 0 aliphatic heterocycles. The van der Waals surface area contributed by atoms with E-state index in [1.165, 1.54) is 0 Å². The minimum Gasteiger partial charge on any atom is -0.481 e. The number of benzene rings is 1. The van der Waals surface area contributed by atoms with Crippen LogP contribution in [0.4, 0.5) is 0 Å². The maximum atomic E-state index is 10.8. The van der Waals surface area contributed by atoms with Gasteiger partial charge in [-0.3, -0.25) is 9.78 Å². The van der Waals surface area contributed by atoms with Gasteiger partial charge in [0, 0.05) is 29.2 Å². The molecule has 0 spiro atoms. The summed E-state index contributed by atoms with van der Waals surface area (Å²) in [7, 11) is 0. The molecule has 4 nitrogen and oxygen atoms in total. The summed E-state index contributed by atoms with van der Waals surface area (Å²) < 4.78 is 0. The van der Waals surface area contributed by atoms with Crippen molar-refractivity contribution in [2.24, 2.45) is 5.92 Å². The number of fused-ring (bicyclic) bond motifs is 1. The first-order valence-electron chi connectivity index (χ1n) is 6.63. The molecule has 1 saturated carbocycles. The molecule has 1 aromatic carbocycles. The van der Waals surface area contributed by atoms with E-state index < -0.39 is 5.97 Å². The molecule has 1 heterocycles. The van der Waals surface area contributed by atoms with Crippen molar-refractivity contribution in [2.75, 3.05) is 0 Å². The van der Waals surface area contributed by atoms with Gasteiger partial charge in [-0.1, -0.05) is 17.7 Å². The Morgan fingerprint density at radius 2 is 2.25 bits per heavy atom. The lowest BCUT2D eigenvalue weighted by molar-refractivity contribution is -0.145. The molecular formula is C15H15ClN2O2. The predicted octanol–water partition coefficient (Wildman–Crippen LogP) is 2.84. The topological polar surface area (TPSA) is 62.2 Å². The van der Waals surface area contributed by atoms with Crippen LogP contribution in [0.1, 0.15) is 18.4 Å². The van der Waals surface area contributed by atoms with Gasteiger partial charge in [0.2, 0.25) is 0 Å². The van der Waals surface area contributed by atoms with Crippen molar-refractivity contribution in [3.8, 4) is 0 Å². The number of aromatic nitrogens is 1. The van der Waals surface area contributed by atoms with Crippen LogP contribution in [0.3, 0.4) is 0 Å². The number of hydrogen-bond donors (Lipinski definition) is 2. The maximum absolute atomic E-state index is 10.8. The van der Waals surface area contributed by atoms with E-state index in [1.807, 2.05) is 24.3 Å². The third-order valence-corrected chi connectivity index (χ3v) is 4.04. The highest BCUT2D eigenvalue weighted by Crippen LogP contribution is 2.28. The Hall–Kier alpha value is -1.65. The highest BCUT2D eigenvalue weighted by molar-refractivity contribution is 6.31. The smallest absolute Gasteiger partial charge is 0.306 e. The molecule has 1 aliphatic carbocycles. The lowest BCUT2D eigenvalue weighted by atomic mass is 9.80. The molecule has 0 radical (unpaired) electrons. The normalized spacial score (nSPS) is 21.6. The lowest BCUT2D eigenvalue weighted by Crippen LogP contribution is -2.43. The molecular weight excluding hydrogens is 276 g/mol. The van der Waals surface area contributed by atoms with Crippen LogP contribution in [-0.4, -0.2) is 22.1 Å². The number of carbonyl (C=O) groups is 1. The van der Waals surface area contributed by atoms with Crippen LogP contribution < -0.4 is 5.32 Å². The summed E-state index contributed by atoms with van der Waals surface area (Å²) in [6, 6.07) is 7.96. The van der Waals surface area contributed by atoms with Crippen LogP contribution in [0.2, 0.25) is 5.02 Å². The molecule has 5 heteroatoms. The molecule has 20 heavy (non-hydrogen) atoms. The molecule has 0 amide bonds. The van der Waals surface area contributed by atoms with Crippen molar-refractivity contribution in [1.82, 2.24) is 10.3 Å². The number of carboxylic acids is 1. The van der Waals surface area contributed by atoms with Gasteiger partial charge in [-0.05, 0) is 36.6 Å². The Morgan fingerprint density at radius 3 is 3.00 bits per heavy atom. The second-order valence-corrected chi connectivity index (χ2v) is 5.66. The minimum absolute atomic E-state index is 0.193. The number of nitrogens with zero attached hydrogens (tertiary/aromatic N) is 1. The van der Waals surface area contributed by atoms with Crippen molar-refractivity contribution in [1.29, 1.82) is 0 Å². The van der Waals surface area contributed by atoms with Crippen molar-refractivity contribution in [3.05, 3.63) is 41.0 Å². The van der Waals surface area contributed by atoms with Gasteiger partial charge in [0.15, 0.2) is 0 Å². The number of pyridine rings is 1. The Morgan fingerprint density at radius 1 is 1.45 bits per heavy atom.